The maximum absolute atomic E-state index is 12.2. The molecule has 5 heteroatoms. The van der Waals surface area contributed by atoms with Crippen LogP contribution in [0.25, 0.3) is 6.08 Å². The van der Waals surface area contributed by atoms with Gasteiger partial charge in [-0.3, -0.25) is 9.69 Å². The summed E-state index contributed by atoms with van der Waals surface area (Å²) in [5, 5.41) is 0. The first-order valence-corrected chi connectivity index (χ1v) is 8.04. The maximum Gasteiger partial charge on any atom is 0.246 e. The van der Waals surface area contributed by atoms with Crippen LogP contribution in [0, 0.1) is 12.8 Å². The van der Waals surface area contributed by atoms with Crippen molar-refractivity contribution in [3.8, 4) is 0 Å². The van der Waals surface area contributed by atoms with Crippen LogP contribution in [0.15, 0.2) is 22.6 Å². The Morgan fingerprint density at radius 2 is 2.14 bits per heavy atom. The van der Waals surface area contributed by atoms with Gasteiger partial charge in [-0.2, -0.15) is 0 Å². The van der Waals surface area contributed by atoms with Crippen molar-refractivity contribution in [3.05, 3.63) is 29.7 Å². The summed E-state index contributed by atoms with van der Waals surface area (Å²) in [7, 11) is 0. The minimum Gasteiger partial charge on any atom is -0.462 e. The lowest BCUT2D eigenvalue weighted by Crippen LogP contribution is -2.49. The molecule has 3 heterocycles. The fourth-order valence-corrected chi connectivity index (χ4v) is 3.05. The van der Waals surface area contributed by atoms with Crippen LogP contribution in [0.2, 0.25) is 0 Å². The van der Waals surface area contributed by atoms with Crippen LogP contribution in [0.5, 0.6) is 0 Å². The van der Waals surface area contributed by atoms with Crippen LogP contribution in [0.1, 0.15) is 17.9 Å². The Labute approximate surface area is 131 Å². The summed E-state index contributed by atoms with van der Waals surface area (Å²) in [5.74, 6) is 2.32. The zero-order valence-corrected chi connectivity index (χ0v) is 13.2. The zero-order chi connectivity index (χ0) is 15.4. The Bertz CT molecular complexity index is 524. The van der Waals surface area contributed by atoms with Crippen molar-refractivity contribution in [2.45, 2.75) is 13.3 Å². The molecule has 0 saturated carbocycles. The summed E-state index contributed by atoms with van der Waals surface area (Å²) in [5.41, 5.74) is 0. The summed E-state index contributed by atoms with van der Waals surface area (Å²) in [6.45, 7) is 8.30. The molecule has 0 aliphatic carbocycles. The minimum atomic E-state index is 0.0675. The summed E-state index contributed by atoms with van der Waals surface area (Å²) in [4.78, 5) is 16.5. The number of piperazine rings is 1. The van der Waals surface area contributed by atoms with E-state index in [1.165, 1.54) is 6.42 Å². The van der Waals surface area contributed by atoms with E-state index in [-0.39, 0.29) is 5.91 Å². The first-order valence-electron chi connectivity index (χ1n) is 8.04. The van der Waals surface area contributed by atoms with Crippen LogP contribution in [-0.2, 0) is 9.53 Å². The molecule has 1 aromatic heterocycles. The molecule has 0 N–H and O–H groups in total. The number of rotatable bonds is 4. The average molecular weight is 304 g/mol. The topological polar surface area (TPSA) is 45.9 Å². The monoisotopic (exact) mass is 304 g/mol. The Morgan fingerprint density at radius 3 is 2.77 bits per heavy atom. The van der Waals surface area contributed by atoms with Crippen LogP contribution in [0.3, 0.4) is 0 Å². The third-order valence-electron chi connectivity index (χ3n) is 4.38. The number of ether oxygens (including phenoxy) is 1. The Balaban J connectivity index is 1.44. The van der Waals surface area contributed by atoms with E-state index in [1.54, 1.807) is 12.2 Å². The number of carbonyl (C=O) groups is 1. The van der Waals surface area contributed by atoms with Crippen molar-refractivity contribution < 1.29 is 13.9 Å². The standard InChI is InChI=1S/C17H24N2O3/c1-14-2-3-16(22-14)4-5-17(20)19-9-7-18(8-10-19)12-15-6-11-21-13-15/h2-5,15H,6-13H2,1H3. The molecule has 2 aliphatic heterocycles. The fourth-order valence-electron chi connectivity index (χ4n) is 3.05. The summed E-state index contributed by atoms with van der Waals surface area (Å²) >= 11 is 0. The van der Waals surface area contributed by atoms with E-state index in [4.69, 9.17) is 9.15 Å². The predicted octanol–water partition coefficient (Wildman–Crippen LogP) is 1.78. The van der Waals surface area contributed by atoms with E-state index < -0.39 is 0 Å². The third-order valence-corrected chi connectivity index (χ3v) is 4.38. The molecule has 22 heavy (non-hydrogen) atoms. The molecule has 1 atom stereocenters. The highest BCUT2D eigenvalue weighted by molar-refractivity contribution is 5.91. The molecule has 1 unspecified atom stereocenters. The van der Waals surface area contributed by atoms with Gasteiger partial charge in [-0.15, -0.1) is 0 Å². The van der Waals surface area contributed by atoms with Gasteiger partial charge in [0.15, 0.2) is 0 Å². The number of amides is 1. The van der Waals surface area contributed by atoms with Crippen molar-refractivity contribution in [2.24, 2.45) is 5.92 Å². The van der Waals surface area contributed by atoms with E-state index >= 15 is 0 Å². The number of hydrogen-bond donors (Lipinski definition) is 0. The predicted molar refractivity (Wildman–Crippen MR) is 84.4 cm³/mol. The summed E-state index contributed by atoms with van der Waals surface area (Å²) < 4.78 is 10.9. The van der Waals surface area contributed by atoms with Crippen molar-refractivity contribution in [3.63, 3.8) is 0 Å². The van der Waals surface area contributed by atoms with Gasteiger partial charge in [0.05, 0.1) is 6.61 Å². The lowest BCUT2D eigenvalue weighted by Gasteiger charge is -2.35. The Morgan fingerprint density at radius 1 is 1.32 bits per heavy atom. The Kier molecular flexibility index (Phi) is 4.95. The minimum absolute atomic E-state index is 0.0675. The molecule has 0 spiro atoms. The van der Waals surface area contributed by atoms with Gasteiger partial charge in [-0.05, 0) is 37.5 Å². The lowest BCUT2D eigenvalue weighted by molar-refractivity contribution is -0.127. The molecule has 3 rings (SSSR count). The van der Waals surface area contributed by atoms with Crippen molar-refractivity contribution >= 4 is 12.0 Å². The largest absolute Gasteiger partial charge is 0.462 e. The van der Waals surface area contributed by atoms with Crippen LogP contribution in [-0.4, -0.2) is 61.6 Å². The molecule has 5 nitrogen and oxygen atoms in total. The molecule has 2 aliphatic rings. The molecule has 1 aromatic rings. The normalized spacial score (nSPS) is 23.5. The van der Waals surface area contributed by atoms with E-state index in [1.807, 2.05) is 24.0 Å². The third kappa shape index (κ3) is 3.99. The fraction of sp³-hybridized carbons (Fsp3) is 0.588. The van der Waals surface area contributed by atoms with Gasteiger partial charge in [0, 0.05) is 45.4 Å². The van der Waals surface area contributed by atoms with Crippen molar-refractivity contribution in [1.82, 2.24) is 9.80 Å². The van der Waals surface area contributed by atoms with E-state index in [2.05, 4.69) is 4.90 Å². The van der Waals surface area contributed by atoms with E-state index in [0.29, 0.717) is 5.92 Å². The van der Waals surface area contributed by atoms with Crippen molar-refractivity contribution in [1.29, 1.82) is 0 Å². The van der Waals surface area contributed by atoms with E-state index in [0.717, 1.165) is 57.5 Å². The number of carbonyl (C=O) groups excluding carboxylic acids is 1. The second-order valence-electron chi connectivity index (χ2n) is 6.14. The van der Waals surface area contributed by atoms with Gasteiger partial charge in [-0.25, -0.2) is 0 Å². The first kappa shape index (κ1) is 15.3. The summed E-state index contributed by atoms with van der Waals surface area (Å²) in [6, 6.07) is 3.77. The SMILES string of the molecule is Cc1ccc(C=CC(=O)N2CCN(CC3CCOC3)CC2)o1. The molecule has 0 bridgehead atoms. The number of aryl methyl sites for hydroxylation is 1. The van der Waals surface area contributed by atoms with Gasteiger partial charge in [0.1, 0.15) is 11.5 Å². The van der Waals surface area contributed by atoms with Crippen LogP contribution in [0.4, 0.5) is 0 Å². The highest BCUT2D eigenvalue weighted by Gasteiger charge is 2.23. The summed E-state index contributed by atoms with van der Waals surface area (Å²) in [6.07, 6.45) is 4.53. The van der Waals surface area contributed by atoms with Gasteiger partial charge < -0.3 is 14.1 Å². The number of hydrogen-bond acceptors (Lipinski definition) is 4. The lowest BCUT2D eigenvalue weighted by atomic mass is 10.1. The van der Waals surface area contributed by atoms with Gasteiger partial charge in [-0.1, -0.05) is 0 Å². The smallest absolute Gasteiger partial charge is 0.246 e. The molecule has 1 amide bonds. The highest BCUT2D eigenvalue weighted by atomic mass is 16.5. The number of nitrogens with zero attached hydrogens (tertiary/aromatic N) is 2. The molecule has 2 fully saturated rings. The quantitative estimate of drug-likeness (QED) is 0.796. The molecule has 2 saturated heterocycles. The average Bonchev–Trinajstić information content (AvgIpc) is 3.17. The van der Waals surface area contributed by atoms with Crippen LogP contribution >= 0.6 is 0 Å². The van der Waals surface area contributed by atoms with Crippen LogP contribution < -0.4 is 0 Å². The van der Waals surface area contributed by atoms with Gasteiger partial charge in [0.2, 0.25) is 5.91 Å². The molecular weight excluding hydrogens is 280 g/mol. The Hall–Kier alpha value is -1.59. The highest BCUT2D eigenvalue weighted by Crippen LogP contribution is 2.15. The van der Waals surface area contributed by atoms with Gasteiger partial charge >= 0.3 is 0 Å². The molecule has 120 valence electrons. The van der Waals surface area contributed by atoms with Gasteiger partial charge in [0.25, 0.3) is 0 Å². The molecular formula is C17H24N2O3. The first-order chi connectivity index (χ1) is 10.7. The molecule has 0 radical (unpaired) electrons. The van der Waals surface area contributed by atoms with Crippen molar-refractivity contribution in [2.75, 3.05) is 45.9 Å². The number of furan rings is 1. The van der Waals surface area contributed by atoms with E-state index in [9.17, 15) is 4.79 Å². The second-order valence-corrected chi connectivity index (χ2v) is 6.14. The maximum atomic E-state index is 12.2. The second kappa shape index (κ2) is 7.11. The zero-order valence-electron chi connectivity index (χ0n) is 13.2. The molecule has 0 aromatic carbocycles.